The average Bonchev–Trinajstić information content (AvgIpc) is 3.53. The lowest BCUT2D eigenvalue weighted by Gasteiger charge is -2.25. The van der Waals surface area contributed by atoms with Crippen LogP contribution >= 0.6 is 15.9 Å². The molecule has 3 aromatic heterocycles. The molecule has 0 atom stereocenters. The van der Waals surface area contributed by atoms with Gasteiger partial charge in [0.1, 0.15) is 6.54 Å². The summed E-state index contributed by atoms with van der Waals surface area (Å²) in [6.45, 7) is 4.99. The fourth-order valence-electron chi connectivity index (χ4n) is 3.97. The van der Waals surface area contributed by atoms with Crippen LogP contribution in [0.3, 0.4) is 0 Å². The van der Waals surface area contributed by atoms with Crippen LogP contribution in [0.25, 0.3) is 22.4 Å². The lowest BCUT2D eigenvalue weighted by molar-refractivity contribution is -0.139. The first-order valence-electron chi connectivity index (χ1n) is 11.0. The minimum absolute atomic E-state index is 0.00304. The number of carbonyl (C=O) groups is 1. The molecule has 4 aromatic rings. The van der Waals surface area contributed by atoms with E-state index in [2.05, 4.69) is 31.4 Å². The molecule has 0 aliphatic heterocycles. The Kier molecular flexibility index (Phi) is 7.02. The fourth-order valence-corrected chi connectivity index (χ4v) is 4.42. The molecular formula is C24H25BrF3N5O3. The molecule has 0 bridgehead atoms. The number of aryl methyl sites for hydroxylation is 1. The highest BCUT2D eigenvalue weighted by Gasteiger charge is 2.31. The number of rotatable bonds is 8. The summed E-state index contributed by atoms with van der Waals surface area (Å²) in [6.07, 6.45) is -0.950. The van der Waals surface area contributed by atoms with Crippen molar-refractivity contribution in [3.8, 4) is 11.5 Å². The molecular weight excluding hydrogens is 543 g/mol. The van der Waals surface area contributed by atoms with Crippen molar-refractivity contribution in [2.75, 3.05) is 13.7 Å². The van der Waals surface area contributed by atoms with Gasteiger partial charge in [-0.2, -0.15) is 18.2 Å². The summed E-state index contributed by atoms with van der Waals surface area (Å²) >= 11 is 3.46. The third-order valence-electron chi connectivity index (χ3n) is 5.80. The van der Waals surface area contributed by atoms with E-state index >= 15 is 0 Å². The molecule has 3 heterocycles. The van der Waals surface area contributed by atoms with Crippen molar-refractivity contribution in [1.82, 2.24) is 24.6 Å². The zero-order chi connectivity index (χ0) is 26.3. The summed E-state index contributed by atoms with van der Waals surface area (Å²) in [4.78, 5) is 16.8. The number of nitrogens with zero attached hydrogens (tertiary/aromatic N) is 4. The second-order valence-electron chi connectivity index (χ2n) is 9.11. The van der Waals surface area contributed by atoms with E-state index in [1.54, 1.807) is 43.8 Å². The zero-order valence-corrected chi connectivity index (χ0v) is 21.7. The van der Waals surface area contributed by atoms with Gasteiger partial charge in [0.25, 0.3) is 5.91 Å². The van der Waals surface area contributed by atoms with Gasteiger partial charge in [-0.15, -0.1) is 0 Å². The number of fused-ring (bicyclic) bond motifs is 1. The van der Waals surface area contributed by atoms with Gasteiger partial charge in [0, 0.05) is 29.4 Å². The number of benzene rings is 1. The van der Waals surface area contributed by atoms with E-state index in [1.165, 1.54) is 0 Å². The third kappa shape index (κ3) is 5.34. The van der Waals surface area contributed by atoms with E-state index in [9.17, 15) is 18.0 Å². The van der Waals surface area contributed by atoms with Crippen molar-refractivity contribution in [2.45, 2.75) is 45.6 Å². The summed E-state index contributed by atoms with van der Waals surface area (Å²) in [5.41, 5.74) is 1.53. The van der Waals surface area contributed by atoms with E-state index in [0.717, 1.165) is 10.1 Å². The van der Waals surface area contributed by atoms with Gasteiger partial charge in [-0.1, -0.05) is 11.2 Å². The number of halogens is 4. The molecule has 192 valence electrons. The van der Waals surface area contributed by atoms with E-state index < -0.39 is 12.7 Å². The predicted octanol–water partition coefficient (Wildman–Crippen LogP) is 5.44. The van der Waals surface area contributed by atoms with Crippen molar-refractivity contribution >= 4 is 32.7 Å². The highest BCUT2D eigenvalue weighted by Crippen LogP contribution is 2.35. The minimum Gasteiger partial charge on any atom is -0.382 e. The van der Waals surface area contributed by atoms with Gasteiger partial charge in [0.15, 0.2) is 0 Å². The quantitative estimate of drug-likeness (QED) is 0.306. The lowest BCUT2D eigenvalue weighted by Crippen LogP contribution is -2.30. The first-order chi connectivity index (χ1) is 16.9. The molecule has 1 amide bonds. The minimum atomic E-state index is -4.45. The molecule has 0 radical (unpaired) electrons. The van der Waals surface area contributed by atoms with Crippen molar-refractivity contribution < 1.29 is 27.2 Å². The van der Waals surface area contributed by atoms with E-state index in [0.29, 0.717) is 27.5 Å². The SMILES string of the molecule is COCC(C)(C)n1ccc(C(=O)NCc2nc(-c3cc4c(Br)c(C)ccc4n3CC(F)(F)F)no2)c1. The average molecular weight is 568 g/mol. The number of nitrogens with one attached hydrogen (secondary N) is 1. The van der Waals surface area contributed by atoms with Crippen LogP contribution in [0.15, 0.2) is 45.7 Å². The Labute approximate surface area is 213 Å². The zero-order valence-electron chi connectivity index (χ0n) is 20.1. The number of ether oxygens (including phenoxy) is 1. The third-order valence-corrected chi connectivity index (χ3v) is 6.85. The van der Waals surface area contributed by atoms with Gasteiger partial charge in [0.2, 0.25) is 11.7 Å². The van der Waals surface area contributed by atoms with Crippen LogP contribution in [0, 0.1) is 6.92 Å². The number of aromatic nitrogens is 4. The molecule has 4 rings (SSSR count). The lowest BCUT2D eigenvalue weighted by atomic mass is 10.1. The van der Waals surface area contributed by atoms with Crippen LogP contribution < -0.4 is 5.32 Å². The molecule has 0 fully saturated rings. The van der Waals surface area contributed by atoms with Gasteiger partial charge in [-0.3, -0.25) is 4.79 Å². The smallest absolute Gasteiger partial charge is 0.382 e. The molecule has 0 aliphatic carbocycles. The number of methoxy groups -OCH3 is 1. The van der Waals surface area contributed by atoms with Crippen LogP contribution in [-0.4, -0.2) is 45.1 Å². The summed E-state index contributed by atoms with van der Waals surface area (Å²) in [5.74, 6) is -0.291. The van der Waals surface area contributed by atoms with Crippen LogP contribution in [0.1, 0.15) is 35.7 Å². The predicted molar refractivity (Wildman–Crippen MR) is 131 cm³/mol. The van der Waals surface area contributed by atoms with Gasteiger partial charge in [-0.05, 0) is 60.5 Å². The highest BCUT2D eigenvalue weighted by atomic mass is 79.9. The van der Waals surface area contributed by atoms with Gasteiger partial charge in [-0.25, -0.2) is 0 Å². The van der Waals surface area contributed by atoms with Crippen LogP contribution in [0.4, 0.5) is 13.2 Å². The molecule has 0 unspecified atom stereocenters. The van der Waals surface area contributed by atoms with Gasteiger partial charge < -0.3 is 23.7 Å². The number of hydrogen-bond acceptors (Lipinski definition) is 5. The Hall–Kier alpha value is -3.12. The van der Waals surface area contributed by atoms with E-state index in [4.69, 9.17) is 9.26 Å². The molecule has 8 nitrogen and oxygen atoms in total. The summed E-state index contributed by atoms with van der Waals surface area (Å²) in [5, 5.41) is 7.18. The Morgan fingerprint density at radius 2 is 2.00 bits per heavy atom. The van der Waals surface area contributed by atoms with Crippen molar-refractivity contribution in [2.24, 2.45) is 0 Å². The molecule has 1 aromatic carbocycles. The van der Waals surface area contributed by atoms with Gasteiger partial charge in [0.05, 0.1) is 35.5 Å². The van der Waals surface area contributed by atoms with Crippen LogP contribution in [0.5, 0.6) is 0 Å². The van der Waals surface area contributed by atoms with Crippen LogP contribution in [0.2, 0.25) is 0 Å². The summed E-state index contributed by atoms with van der Waals surface area (Å²) in [6, 6.07) is 6.65. The Balaban J connectivity index is 1.55. The second kappa shape index (κ2) is 9.74. The first kappa shape index (κ1) is 26.0. The highest BCUT2D eigenvalue weighted by molar-refractivity contribution is 9.10. The summed E-state index contributed by atoms with van der Waals surface area (Å²) in [7, 11) is 1.61. The second-order valence-corrected chi connectivity index (χ2v) is 9.90. The van der Waals surface area contributed by atoms with Crippen molar-refractivity contribution in [3.05, 3.63) is 58.1 Å². The van der Waals surface area contributed by atoms with E-state index in [1.807, 2.05) is 25.3 Å². The Morgan fingerprint density at radius 1 is 1.25 bits per heavy atom. The Bertz CT molecular complexity index is 1400. The molecule has 0 spiro atoms. The van der Waals surface area contributed by atoms with Crippen molar-refractivity contribution in [3.63, 3.8) is 0 Å². The van der Waals surface area contributed by atoms with E-state index in [-0.39, 0.29) is 35.4 Å². The summed E-state index contributed by atoms with van der Waals surface area (Å²) < 4.78 is 54.2. The standard InChI is InChI=1S/C24H25BrF3N5O3/c1-14-5-6-17-16(20(14)25)9-18(33(17)12-24(26,27)28)21-30-19(36-31-21)10-29-22(34)15-7-8-32(11-15)23(2,3)13-35-4/h5-9,11H,10,12-13H2,1-4H3,(H,29,34). The first-order valence-corrected chi connectivity index (χ1v) is 11.8. The maximum atomic E-state index is 13.4. The molecule has 12 heteroatoms. The monoisotopic (exact) mass is 567 g/mol. The Morgan fingerprint density at radius 3 is 2.69 bits per heavy atom. The van der Waals surface area contributed by atoms with Gasteiger partial charge >= 0.3 is 6.18 Å². The molecule has 0 saturated heterocycles. The molecule has 1 N–H and O–H groups in total. The largest absolute Gasteiger partial charge is 0.406 e. The number of amides is 1. The molecule has 36 heavy (non-hydrogen) atoms. The number of hydrogen-bond donors (Lipinski definition) is 1. The van der Waals surface area contributed by atoms with Crippen LogP contribution in [-0.2, 0) is 23.4 Å². The number of alkyl halides is 3. The van der Waals surface area contributed by atoms with Crippen molar-refractivity contribution in [1.29, 1.82) is 0 Å². The topological polar surface area (TPSA) is 87.1 Å². The molecule has 0 saturated carbocycles. The maximum Gasteiger partial charge on any atom is 0.406 e. The normalized spacial score (nSPS) is 12.4. The molecule has 0 aliphatic rings. The number of carbonyl (C=O) groups excluding carboxylic acids is 1. The fraction of sp³-hybridized carbons (Fsp3) is 0.375. The maximum absolute atomic E-state index is 13.4.